The first kappa shape index (κ1) is 12.8. The molecule has 0 heterocycles. The molecule has 2 nitrogen and oxygen atoms in total. The molecule has 1 N–H and O–H groups in total. The Morgan fingerprint density at radius 2 is 1.77 bits per heavy atom. The summed E-state index contributed by atoms with van der Waals surface area (Å²) in [5.74, 6) is 0. The summed E-state index contributed by atoms with van der Waals surface area (Å²) in [5, 5.41) is 8.97. The normalized spacial score (nSPS) is 36.9. The molecule has 1 rings (SSSR count). The third-order valence-corrected chi connectivity index (χ3v) is 2.57. The third kappa shape index (κ3) is 2.64. The predicted molar refractivity (Wildman–Crippen MR) is 53.6 cm³/mol. The maximum atomic E-state index is 13.3. The number of rotatable bonds is 3. The summed E-state index contributed by atoms with van der Waals surface area (Å²) in [4.78, 5) is 1.92. The summed E-state index contributed by atoms with van der Waals surface area (Å²) >= 11 is 0. The number of aliphatic hydroxyl groups excluding tert-OH is 1. The molecule has 80 valence electrons. The maximum absolute atomic E-state index is 13.3. The summed E-state index contributed by atoms with van der Waals surface area (Å²) in [6, 6.07) is 0. The van der Waals surface area contributed by atoms with E-state index in [0.717, 1.165) is 0 Å². The van der Waals surface area contributed by atoms with Gasteiger partial charge in [0.15, 0.2) is 0 Å². The average molecular weight is 191 g/mol. The summed E-state index contributed by atoms with van der Waals surface area (Å²) in [7, 11) is 3.79. The molecular formula is C10H22FNO. The largest absolute Gasteiger partial charge is 0.396 e. The summed E-state index contributed by atoms with van der Waals surface area (Å²) in [5.41, 5.74) is -1.62. The van der Waals surface area contributed by atoms with Crippen LogP contribution in [-0.2, 0) is 0 Å². The van der Waals surface area contributed by atoms with E-state index >= 15 is 0 Å². The molecule has 1 aliphatic rings. The van der Waals surface area contributed by atoms with Gasteiger partial charge in [0.05, 0.1) is 6.61 Å². The van der Waals surface area contributed by atoms with Crippen LogP contribution in [-0.4, -0.2) is 42.9 Å². The molecule has 0 aromatic carbocycles. The zero-order valence-corrected chi connectivity index (χ0v) is 9.39. The van der Waals surface area contributed by atoms with E-state index in [2.05, 4.69) is 0 Å². The van der Waals surface area contributed by atoms with Crippen molar-refractivity contribution in [3.63, 3.8) is 0 Å². The van der Waals surface area contributed by atoms with Gasteiger partial charge in [0.25, 0.3) is 0 Å². The second-order valence-electron chi connectivity index (χ2n) is 4.05. The second-order valence-corrected chi connectivity index (χ2v) is 4.05. The SMILES string of the molecule is CC.CN(C)C[C@@]1(CO)CC1(C)F. The minimum absolute atomic E-state index is 0.0435. The number of hydrogen-bond acceptors (Lipinski definition) is 2. The molecule has 0 aromatic rings. The first-order valence-electron chi connectivity index (χ1n) is 4.88. The molecule has 0 saturated heterocycles. The van der Waals surface area contributed by atoms with Gasteiger partial charge in [0.1, 0.15) is 5.67 Å². The van der Waals surface area contributed by atoms with Crippen molar-refractivity contribution in [3.8, 4) is 0 Å². The monoisotopic (exact) mass is 191 g/mol. The molecule has 0 bridgehead atoms. The highest BCUT2D eigenvalue weighted by Gasteiger charge is 2.65. The van der Waals surface area contributed by atoms with Crippen molar-refractivity contribution in [1.82, 2.24) is 4.90 Å². The molecule has 0 radical (unpaired) electrons. The van der Waals surface area contributed by atoms with E-state index in [9.17, 15) is 4.39 Å². The van der Waals surface area contributed by atoms with E-state index in [1.165, 1.54) is 0 Å². The molecular weight excluding hydrogens is 169 g/mol. The van der Waals surface area contributed by atoms with Gasteiger partial charge in [-0.2, -0.15) is 0 Å². The number of nitrogens with zero attached hydrogens (tertiary/aromatic N) is 1. The molecule has 0 aromatic heterocycles. The highest BCUT2D eigenvalue weighted by Crippen LogP contribution is 2.58. The molecule has 1 fully saturated rings. The van der Waals surface area contributed by atoms with Gasteiger partial charge in [0.2, 0.25) is 0 Å². The van der Waals surface area contributed by atoms with E-state index in [1.807, 2.05) is 32.8 Å². The highest BCUT2D eigenvalue weighted by atomic mass is 19.1. The van der Waals surface area contributed by atoms with E-state index in [4.69, 9.17) is 5.11 Å². The highest BCUT2D eigenvalue weighted by molar-refractivity contribution is 5.14. The average Bonchev–Trinajstić information content (AvgIpc) is 2.57. The van der Waals surface area contributed by atoms with Crippen molar-refractivity contribution >= 4 is 0 Å². The maximum Gasteiger partial charge on any atom is 0.118 e. The van der Waals surface area contributed by atoms with Crippen molar-refractivity contribution in [2.45, 2.75) is 32.9 Å². The van der Waals surface area contributed by atoms with E-state index < -0.39 is 11.1 Å². The van der Waals surface area contributed by atoms with Crippen molar-refractivity contribution in [2.24, 2.45) is 5.41 Å². The molecule has 1 unspecified atom stereocenters. The number of alkyl halides is 1. The van der Waals surface area contributed by atoms with Gasteiger partial charge in [0, 0.05) is 12.0 Å². The Morgan fingerprint density at radius 3 is 1.85 bits per heavy atom. The van der Waals surface area contributed by atoms with E-state index in [1.54, 1.807) is 6.92 Å². The molecule has 0 amide bonds. The zero-order valence-electron chi connectivity index (χ0n) is 9.39. The van der Waals surface area contributed by atoms with Crippen LogP contribution in [0.4, 0.5) is 4.39 Å². The molecule has 13 heavy (non-hydrogen) atoms. The second kappa shape index (κ2) is 4.38. The van der Waals surface area contributed by atoms with Crippen LogP contribution >= 0.6 is 0 Å². The Morgan fingerprint density at radius 1 is 1.38 bits per heavy atom. The third-order valence-electron chi connectivity index (χ3n) is 2.57. The van der Waals surface area contributed by atoms with Gasteiger partial charge in [-0.05, 0) is 27.4 Å². The Labute approximate surface area is 80.7 Å². The molecule has 0 aliphatic heterocycles. The lowest BCUT2D eigenvalue weighted by molar-refractivity contribution is 0.120. The van der Waals surface area contributed by atoms with Gasteiger partial charge in [-0.15, -0.1) is 0 Å². The lowest BCUT2D eigenvalue weighted by atomic mass is 10.0. The Kier molecular flexibility index (Phi) is 4.33. The van der Waals surface area contributed by atoms with Crippen LogP contribution in [0, 0.1) is 5.41 Å². The molecule has 0 spiro atoms. The quantitative estimate of drug-likeness (QED) is 0.733. The minimum atomic E-state index is -1.15. The molecule has 2 atom stereocenters. The van der Waals surface area contributed by atoms with Crippen LogP contribution < -0.4 is 0 Å². The van der Waals surface area contributed by atoms with Gasteiger partial charge in [-0.25, -0.2) is 4.39 Å². The van der Waals surface area contributed by atoms with Crippen molar-refractivity contribution in [1.29, 1.82) is 0 Å². The van der Waals surface area contributed by atoms with Crippen LogP contribution in [0.1, 0.15) is 27.2 Å². The number of aliphatic hydroxyl groups is 1. The van der Waals surface area contributed by atoms with Gasteiger partial charge < -0.3 is 10.0 Å². The van der Waals surface area contributed by atoms with Crippen molar-refractivity contribution in [2.75, 3.05) is 27.2 Å². The Bertz CT molecular complexity index is 159. The fraction of sp³-hybridized carbons (Fsp3) is 1.00. The van der Waals surface area contributed by atoms with E-state index in [-0.39, 0.29) is 6.61 Å². The van der Waals surface area contributed by atoms with Gasteiger partial charge in [-0.3, -0.25) is 0 Å². The van der Waals surface area contributed by atoms with Crippen LogP contribution in [0.5, 0.6) is 0 Å². The Balaban J connectivity index is 0.000000671. The topological polar surface area (TPSA) is 23.5 Å². The van der Waals surface area contributed by atoms with Crippen molar-refractivity contribution < 1.29 is 9.50 Å². The number of halogens is 1. The lowest BCUT2D eigenvalue weighted by Gasteiger charge is -2.19. The lowest BCUT2D eigenvalue weighted by Crippen LogP contribution is -2.30. The fourth-order valence-electron chi connectivity index (χ4n) is 1.69. The van der Waals surface area contributed by atoms with Crippen molar-refractivity contribution in [3.05, 3.63) is 0 Å². The first-order valence-corrected chi connectivity index (χ1v) is 4.88. The standard InChI is InChI=1S/C8H16FNO.C2H6/c1-7(9)4-8(7,6-11)5-10(2)3;1-2/h11H,4-6H2,1-3H3;1-2H3/t7?,8-;/m1./s1. The molecule has 1 saturated carbocycles. The Hall–Kier alpha value is -0.150. The zero-order chi connectivity index (χ0) is 10.7. The predicted octanol–water partition coefficient (Wildman–Crippen LogP) is 1.68. The van der Waals surface area contributed by atoms with E-state index in [0.29, 0.717) is 13.0 Å². The molecule has 3 heteroatoms. The first-order chi connectivity index (χ1) is 5.93. The smallest absolute Gasteiger partial charge is 0.118 e. The minimum Gasteiger partial charge on any atom is -0.396 e. The van der Waals surface area contributed by atoms with Crippen LogP contribution in [0.15, 0.2) is 0 Å². The summed E-state index contributed by atoms with van der Waals surface area (Å²) in [6.45, 7) is 6.15. The van der Waals surface area contributed by atoms with Gasteiger partial charge in [-0.1, -0.05) is 13.8 Å². The summed E-state index contributed by atoms with van der Waals surface area (Å²) in [6.07, 6.45) is 0.495. The summed E-state index contributed by atoms with van der Waals surface area (Å²) < 4.78 is 13.3. The van der Waals surface area contributed by atoms with Crippen LogP contribution in [0.25, 0.3) is 0 Å². The fourth-order valence-corrected chi connectivity index (χ4v) is 1.69. The van der Waals surface area contributed by atoms with Crippen LogP contribution in [0.3, 0.4) is 0 Å². The van der Waals surface area contributed by atoms with Crippen LogP contribution in [0.2, 0.25) is 0 Å². The molecule has 1 aliphatic carbocycles. The van der Waals surface area contributed by atoms with Gasteiger partial charge >= 0.3 is 0 Å². The number of hydrogen-bond donors (Lipinski definition) is 1.